The number of hydrogen-bond donors (Lipinski definition) is 2. The lowest BCUT2D eigenvalue weighted by molar-refractivity contribution is -0.127. The van der Waals surface area contributed by atoms with E-state index in [9.17, 15) is 18.4 Å². The second kappa shape index (κ2) is 24.7. The van der Waals surface area contributed by atoms with Crippen molar-refractivity contribution in [3.8, 4) is 34.5 Å². The zero-order valence-corrected chi connectivity index (χ0v) is 49.5. The molecular weight excluding hydrogens is 1150 g/mol. The molecule has 18 nitrogen and oxygen atoms in total. The molecular formula is C62H64Cl2F4N14O4. The van der Waals surface area contributed by atoms with Gasteiger partial charge in [0.25, 0.3) is 0 Å². The van der Waals surface area contributed by atoms with E-state index in [0.717, 1.165) is 38.8 Å². The molecule has 4 aliphatic rings. The van der Waals surface area contributed by atoms with Gasteiger partial charge in [0.05, 0.1) is 32.6 Å². The molecule has 0 bridgehead atoms. The number of benzene rings is 4. The molecule has 0 unspecified atom stereocenters. The van der Waals surface area contributed by atoms with Crippen molar-refractivity contribution < 1.29 is 36.6 Å². The Kier molecular flexibility index (Phi) is 17.1. The summed E-state index contributed by atoms with van der Waals surface area (Å²) in [5.41, 5.74) is 11.9. The molecule has 4 aliphatic heterocycles. The quantitative estimate of drug-likeness (QED) is 0.0863. The molecule has 0 saturated carbocycles. The van der Waals surface area contributed by atoms with Crippen LogP contribution in [0.4, 0.5) is 40.8 Å². The van der Waals surface area contributed by atoms with E-state index < -0.39 is 23.3 Å². The summed E-state index contributed by atoms with van der Waals surface area (Å²) in [4.78, 5) is 63.4. The van der Waals surface area contributed by atoms with Gasteiger partial charge in [-0.15, -0.1) is 0 Å². The zero-order chi connectivity index (χ0) is 60.8. The molecule has 86 heavy (non-hydrogen) atoms. The fourth-order valence-corrected chi connectivity index (χ4v) is 12.7. The first-order valence-corrected chi connectivity index (χ1v) is 29.2. The van der Waals surface area contributed by atoms with Gasteiger partial charge >= 0.3 is 12.0 Å². The Hall–Kier alpha value is -8.18. The van der Waals surface area contributed by atoms with Crippen LogP contribution in [0.3, 0.4) is 0 Å². The molecule has 8 heterocycles. The number of nitrogens with zero attached hydrogens (tertiary/aromatic N) is 12. The molecule has 0 spiro atoms. The molecule has 0 radical (unpaired) electrons. The van der Waals surface area contributed by atoms with Crippen LogP contribution in [0.1, 0.15) is 39.5 Å². The van der Waals surface area contributed by atoms with Gasteiger partial charge in [0.1, 0.15) is 35.9 Å². The number of nitrogens with two attached hydrogens (primary N) is 2. The number of anilines is 4. The second-order valence-electron chi connectivity index (χ2n) is 22.2. The molecule has 448 valence electrons. The monoisotopic (exact) mass is 1210 g/mol. The van der Waals surface area contributed by atoms with Crippen molar-refractivity contribution >= 4 is 102 Å². The Morgan fingerprint density at radius 1 is 0.570 bits per heavy atom. The second-order valence-corrected chi connectivity index (χ2v) is 23.0. The van der Waals surface area contributed by atoms with Crippen molar-refractivity contribution in [3.63, 3.8) is 0 Å². The van der Waals surface area contributed by atoms with Gasteiger partial charge in [-0.25, -0.2) is 27.5 Å². The summed E-state index contributed by atoms with van der Waals surface area (Å²) in [5, 5.41) is 1.99. The number of piperazine rings is 2. The van der Waals surface area contributed by atoms with Crippen LogP contribution >= 0.6 is 23.2 Å². The lowest BCUT2D eigenvalue weighted by atomic mass is 10.0. The number of fused-ring (bicyclic) bond motifs is 4. The number of likely N-dealkylation sites (N-methyl/N-ethyl adjacent to an activating group) is 2. The van der Waals surface area contributed by atoms with Gasteiger partial charge in [-0.3, -0.25) is 9.59 Å². The summed E-state index contributed by atoms with van der Waals surface area (Å²) in [7, 11) is 4.08. The SMILES string of the molecule is C=CC(=O)N1CCN(c2nc(OC[C@@H]3CCCN3C)nc3c(F)c(-c4nc(N)c(F)c5ccccc45)c(Cl)cc23)[C@@H](C)C1.C=CC(=O)N1CCN(c2nc(OC[C@@H]3CCCN3C)nc3c(F)c(-c4nc(N)c(F)c5ccccc45)c(Cl)cc23)[C@@H](C)C1. The number of pyridine rings is 2. The van der Waals surface area contributed by atoms with E-state index in [0.29, 0.717) is 85.7 Å². The Labute approximate surface area is 504 Å². The summed E-state index contributed by atoms with van der Waals surface area (Å²) in [6, 6.07) is 16.5. The summed E-state index contributed by atoms with van der Waals surface area (Å²) < 4.78 is 75.3. The van der Waals surface area contributed by atoms with E-state index in [1.54, 1.807) is 70.5 Å². The minimum atomic E-state index is -0.745. The number of nitrogen functional groups attached to an aromatic ring is 2. The van der Waals surface area contributed by atoms with Crippen LogP contribution in [-0.2, 0) is 9.59 Å². The van der Waals surface area contributed by atoms with Gasteiger partial charge in [0.2, 0.25) is 11.8 Å². The molecule has 8 aromatic rings. The Balaban J connectivity index is 0.000000179. The van der Waals surface area contributed by atoms with Crippen LogP contribution < -0.4 is 30.7 Å². The largest absolute Gasteiger partial charge is 0.462 e. The summed E-state index contributed by atoms with van der Waals surface area (Å²) in [6.07, 6.45) is 6.68. The van der Waals surface area contributed by atoms with Crippen LogP contribution in [0, 0.1) is 23.3 Å². The van der Waals surface area contributed by atoms with Crippen LogP contribution in [0.5, 0.6) is 12.0 Å². The van der Waals surface area contributed by atoms with Crippen molar-refractivity contribution in [1.29, 1.82) is 0 Å². The normalized spacial score (nSPS) is 19.4. The minimum Gasteiger partial charge on any atom is -0.462 e. The summed E-state index contributed by atoms with van der Waals surface area (Å²) >= 11 is 13.6. The highest BCUT2D eigenvalue weighted by Crippen LogP contribution is 2.44. The van der Waals surface area contributed by atoms with Gasteiger partial charge in [-0.2, -0.15) is 19.9 Å². The average Bonchev–Trinajstić information content (AvgIpc) is 0.933. The molecule has 0 aliphatic carbocycles. The van der Waals surface area contributed by atoms with E-state index >= 15 is 8.78 Å². The third kappa shape index (κ3) is 11.3. The minimum absolute atomic E-state index is 0.00949. The van der Waals surface area contributed by atoms with Crippen molar-refractivity contribution in [3.05, 3.63) is 119 Å². The number of halogens is 6. The lowest BCUT2D eigenvalue weighted by Crippen LogP contribution is -2.53. The number of aromatic nitrogens is 6. The average molecular weight is 1220 g/mol. The smallest absolute Gasteiger partial charge is 0.319 e. The summed E-state index contributed by atoms with van der Waals surface area (Å²) in [5.74, 6) is -2.99. The first-order valence-electron chi connectivity index (χ1n) is 28.4. The lowest BCUT2D eigenvalue weighted by Gasteiger charge is -2.40. The molecule has 4 N–H and O–H groups in total. The maximum absolute atomic E-state index is 16.7. The first-order chi connectivity index (χ1) is 41.3. The Morgan fingerprint density at radius 2 is 0.953 bits per heavy atom. The molecule has 4 saturated heterocycles. The number of carbonyl (C=O) groups excluding carboxylic acids is 2. The molecule has 4 atom stereocenters. The van der Waals surface area contributed by atoms with E-state index in [2.05, 4.69) is 42.9 Å². The van der Waals surface area contributed by atoms with Crippen LogP contribution in [0.2, 0.25) is 10.0 Å². The highest BCUT2D eigenvalue weighted by atomic mass is 35.5. The van der Waals surface area contributed by atoms with Gasteiger partial charge in [-0.1, -0.05) is 84.9 Å². The van der Waals surface area contributed by atoms with E-state index in [-0.39, 0.29) is 114 Å². The molecule has 4 aromatic carbocycles. The fraction of sp³-hybridized carbons (Fsp3) is 0.355. The highest BCUT2D eigenvalue weighted by Gasteiger charge is 2.34. The number of ether oxygens (including phenoxy) is 2. The van der Waals surface area contributed by atoms with Gasteiger partial charge in [-0.05, 0) is 91.0 Å². The number of carbonyl (C=O) groups is 2. The first kappa shape index (κ1) is 59.5. The number of hydrogen-bond acceptors (Lipinski definition) is 16. The van der Waals surface area contributed by atoms with Crippen LogP contribution in [0.25, 0.3) is 65.9 Å². The third-order valence-electron chi connectivity index (χ3n) is 16.8. The maximum atomic E-state index is 16.7. The number of rotatable bonds is 12. The van der Waals surface area contributed by atoms with Crippen LogP contribution in [-0.4, -0.2) is 165 Å². The number of likely N-dealkylation sites (tertiary alicyclic amines) is 2. The van der Waals surface area contributed by atoms with Crippen molar-refractivity contribution in [2.24, 2.45) is 0 Å². The number of amides is 2. The molecule has 24 heteroatoms. The predicted molar refractivity (Wildman–Crippen MR) is 329 cm³/mol. The van der Waals surface area contributed by atoms with Crippen molar-refractivity contribution in [2.75, 3.05) is 101 Å². The third-order valence-corrected chi connectivity index (χ3v) is 17.4. The predicted octanol–water partition coefficient (Wildman–Crippen LogP) is 10.1. The molecule has 4 aromatic heterocycles. The van der Waals surface area contributed by atoms with E-state index in [1.807, 2.05) is 37.7 Å². The maximum Gasteiger partial charge on any atom is 0.319 e. The van der Waals surface area contributed by atoms with E-state index in [4.69, 9.17) is 54.1 Å². The highest BCUT2D eigenvalue weighted by molar-refractivity contribution is 6.35. The van der Waals surface area contributed by atoms with E-state index in [1.165, 1.54) is 12.2 Å². The standard InChI is InChI=1S/2C31H32ClF2N7O2/c2*1-4-23(42)40-12-13-41(17(2)15-40)30-21-14-22(32)24(27-20-10-6-5-9-19(20)25(33)29(35)36-27)26(34)28(21)37-31(38-30)43-16-18-8-7-11-39(18)3/h2*4-6,9-10,14,17-18H,1,7-8,11-13,15-16H2,2-3H3,(H2,35,36)/t2*17-,18-/m00/s1. The van der Waals surface area contributed by atoms with Gasteiger partial charge in [0.15, 0.2) is 34.9 Å². The van der Waals surface area contributed by atoms with Crippen molar-refractivity contribution in [1.82, 2.24) is 49.5 Å². The molecule has 4 fully saturated rings. The van der Waals surface area contributed by atoms with Crippen LogP contribution in [0.15, 0.2) is 86.0 Å². The Bertz CT molecular complexity index is 3760. The van der Waals surface area contributed by atoms with Gasteiger partial charge < -0.3 is 50.3 Å². The Morgan fingerprint density at radius 3 is 1.30 bits per heavy atom. The zero-order valence-electron chi connectivity index (χ0n) is 48.0. The molecule has 2 amide bonds. The fourth-order valence-electron chi connectivity index (χ4n) is 12.1. The summed E-state index contributed by atoms with van der Waals surface area (Å²) in [6.45, 7) is 16.4. The molecule has 12 rings (SSSR count). The topological polar surface area (TPSA) is 201 Å². The van der Waals surface area contributed by atoms with Crippen molar-refractivity contribution in [2.45, 2.75) is 63.7 Å². The van der Waals surface area contributed by atoms with Gasteiger partial charge in [0, 0.05) is 95.8 Å².